The van der Waals surface area contributed by atoms with Crippen LogP contribution in [0.4, 0.5) is 4.79 Å². The molecule has 19 heavy (non-hydrogen) atoms. The fraction of sp³-hybridized carbons (Fsp3) is 0.833. The van der Waals surface area contributed by atoms with E-state index in [0.717, 1.165) is 0 Å². The van der Waals surface area contributed by atoms with E-state index in [-0.39, 0.29) is 30.9 Å². The first-order valence-electron chi connectivity index (χ1n) is 6.38. The van der Waals surface area contributed by atoms with Crippen LogP contribution in [0, 0.1) is 0 Å². The van der Waals surface area contributed by atoms with Crippen molar-refractivity contribution in [1.82, 2.24) is 10.2 Å². The summed E-state index contributed by atoms with van der Waals surface area (Å²) in [6.07, 6.45) is -0.921. The molecule has 1 heterocycles. The summed E-state index contributed by atoms with van der Waals surface area (Å²) in [7, 11) is 0. The van der Waals surface area contributed by atoms with Gasteiger partial charge in [0, 0.05) is 19.5 Å². The Morgan fingerprint density at radius 3 is 2.53 bits per heavy atom. The van der Waals surface area contributed by atoms with Crippen LogP contribution < -0.4 is 11.1 Å². The number of hydrogen-bond acceptors (Lipinski definition) is 5. The summed E-state index contributed by atoms with van der Waals surface area (Å²) >= 11 is 0. The largest absolute Gasteiger partial charge is 0.444 e. The van der Waals surface area contributed by atoms with Crippen molar-refractivity contribution in [1.29, 1.82) is 0 Å². The summed E-state index contributed by atoms with van der Waals surface area (Å²) in [6.45, 7) is 6.32. The molecule has 0 aromatic carbocycles. The van der Waals surface area contributed by atoms with E-state index in [1.807, 2.05) is 20.8 Å². The number of carbonyl (C=O) groups excluding carboxylic acids is 2. The van der Waals surface area contributed by atoms with Crippen LogP contribution in [0.2, 0.25) is 0 Å². The van der Waals surface area contributed by atoms with Crippen LogP contribution in [0.5, 0.6) is 0 Å². The van der Waals surface area contributed by atoms with Gasteiger partial charge >= 0.3 is 6.09 Å². The first-order chi connectivity index (χ1) is 8.67. The topological polar surface area (TPSA) is 105 Å². The van der Waals surface area contributed by atoms with E-state index in [2.05, 4.69) is 5.32 Å². The molecule has 1 saturated heterocycles. The summed E-state index contributed by atoms with van der Waals surface area (Å²) in [4.78, 5) is 24.6. The van der Waals surface area contributed by atoms with E-state index in [1.54, 1.807) is 0 Å². The fourth-order valence-electron chi connectivity index (χ4n) is 1.62. The van der Waals surface area contributed by atoms with E-state index in [4.69, 9.17) is 15.6 Å². The zero-order chi connectivity index (χ0) is 14.6. The monoisotopic (exact) mass is 273 g/mol. The van der Waals surface area contributed by atoms with Gasteiger partial charge in [-0.05, 0) is 27.2 Å². The van der Waals surface area contributed by atoms with Crippen LogP contribution in [0.3, 0.4) is 0 Å². The predicted octanol–water partition coefficient (Wildman–Crippen LogP) is -0.221. The molecule has 7 heteroatoms. The van der Waals surface area contributed by atoms with Gasteiger partial charge in [-0.3, -0.25) is 4.79 Å². The molecule has 0 bridgehead atoms. The number of amides is 2. The standard InChI is InChI=1S/C12H23N3O4/c1-12(2,3)19-11(18)15-6-8(7-15)14-10(17)5-4-9(13)16/h8-9,16H,4-7,13H2,1-3H3,(H,14,17). The Kier molecular flexibility index (Phi) is 5.13. The van der Waals surface area contributed by atoms with Crippen molar-refractivity contribution in [3.8, 4) is 0 Å². The summed E-state index contributed by atoms with van der Waals surface area (Å²) in [5.74, 6) is -0.168. The molecule has 0 spiro atoms. The molecule has 1 aliphatic heterocycles. The van der Waals surface area contributed by atoms with Gasteiger partial charge in [0.05, 0.1) is 6.04 Å². The van der Waals surface area contributed by atoms with Gasteiger partial charge in [0.15, 0.2) is 0 Å². The molecule has 2 amide bonds. The Balaban J connectivity index is 2.19. The Labute approximate surface area is 113 Å². The number of nitrogens with two attached hydrogens (primary N) is 1. The van der Waals surface area contributed by atoms with E-state index < -0.39 is 11.8 Å². The van der Waals surface area contributed by atoms with E-state index in [1.165, 1.54) is 4.90 Å². The number of nitrogens with one attached hydrogen (secondary N) is 1. The molecule has 0 aromatic rings. The Hall–Kier alpha value is -1.34. The van der Waals surface area contributed by atoms with Crippen LogP contribution in [-0.4, -0.2) is 53.0 Å². The van der Waals surface area contributed by atoms with Gasteiger partial charge in [0.25, 0.3) is 0 Å². The van der Waals surface area contributed by atoms with Crippen molar-refractivity contribution >= 4 is 12.0 Å². The van der Waals surface area contributed by atoms with Crippen molar-refractivity contribution in [3.05, 3.63) is 0 Å². The quantitative estimate of drug-likeness (QED) is 0.614. The molecule has 1 aliphatic rings. The number of carbonyl (C=O) groups is 2. The third kappa shape index (κ3) is 5.89. The van der Waals surface area contributed by atoms with Crippen LogP contribution >= 0.6 is 0 Å². The minimum atomic E-state index is -0.967. The molecular weight excluding hydrogens is 250 g/mol. The molecule has 1 rings (SSSR count). The molecule has 0 radical (unpaired) electrons. The lowest BCUT2D eigenvalue weighted by molar-refractivity contribution is -0.123. The maximum atomic E-state index is 11.6. The Bertz CT molecular complexity index is 332. The Morgan fingerprint density at radius 2 is 2.05 bits per heavy atom. The van der Waals surface area contributed by atoms with E-state index in [9.17, 15) is 9.59 Å². The smallest absolute Gasteiger partial charge is 0.410 e. The number of likely N-dealkylation sites (tertiary alicyclic amines) is 1. The van der Waals surface area contributed by atoms with Gasteiger partial charge in [0.2, 0.25) is 5.91 Å². The van der Waals surface area contributed by atoms with Gasteiger partial charge in [-0.15, -0.1) is 0 Å². The lowest BCUT2D eigenvalue weighted by atomic mass is 10.1. The van der Waals surface area contributed by atoms with Gasteiger partial charge in [-0.1, -0.05) is 0 Å². The van der Waals surface area contributed by atoms with Crippen LogP contribution in [0.15, 0.2) is 0 Å². The molecule has 7 nitrogen and oxygen atoms in total. The number of rotatable bonds is 4. The molecule has 0 aliphatic carbocycles. The van der Waals surface area contributed by atoms with Crippen LogP contribution in [0.1, 0.15) is 33.6 Å². The molecule has 110 valence electrons. The maximum Gasteiger partial charge on any atom is 0.410 e. The van der Waals surface area contributed by atoms with Crippen LogP contribution in [-0.2, 0) is 9.53 Å². The second-order valence-electron chi connectivity index (χ2n) is 5.76. The molecule has 1 fully saturated rings. The molecule has 1 unspecified atom stereocenters. The first-order valence-corrected chi connectivity index (χ1v) is 6.38. The summed E-state index contributed by atoms with van der Waals surface area (Å²) in [6, 6.07) is -0.0464. The Morgan fingerprint density at radius 1 is 1.47 bits per heavy atom. The second-order valence-corrected chi connectivity index (χ2v) is 5.76. The van der Waals surface area contributed by atoms with Crippen LogP contribution in [0.25, 0.3) is 0 Å². The second kappa shape index (κ2) is 6.21. The van der Waals surface area contributed by atoms with E-state index in [0.29, 0.717) is 13.1 Å². The average Bonchev–Trinajstić information content (AvgIpc) is 2.16. The summed E-state index contributed by atoms with van der Waals surface area (Å²) in [5.41, 5.74) is 4.63. The normalized spacial score (nSPS) is 17.6. The van der Waals surface area contributed by atoms with Gasteiger partial charge in [0.1, 0.15) is 11.8 Å². The van der Waals surface area contributed by atoms with Gasteiger partial charge in [-0.2, -0.15) is 0 Å². The van der Waals surface area contributed by atoms with E-state index >= 15 is 0 Å². The highest BCUT2D eigenvalue weighted by Crippen LogP contribution is 2.15. The highest BCUT2D eigenvalue weighted by atomic mass is 16.6. The number of nitrogens with zero attached hydrogens (tertiary/aromatic N) is 1. The minimum absolute atomic E-state index is 0.0464. The maximum absolute atomic E-state index is 11.6. The first kappa shape index (κ1) is 15.7. The highest BCUT2D eigenvalue weighted by Gasteiger charge is 2.34. The number of hydrogen-bond donors (Lipinski definition) is 3. The molecular formula is C12H23N3O4. The fourth-order valence-corrected chi connectivity index (χ4v) is 1.62. The lowest BCUT2D eigenvalue weighted by Crippen LogP contribution is -2.61. The molecule has 1 atom stereocenters. The SMILES string of the molecule is CC(C)(C)OC(=O)N1CC(NC(=O)CCC(N)O)C1. The van der Waals surface area contributed by atoms with Crippen molar-refractivity contribution in [2.45, 2.75) is 51.5 Å². The highest BCUT2D eigenvalue weighted by molar-refractivity contribution is 5.77. The lowest BCUT2D eigenvalue weighted by Gasteiger charge is -2.40. The molecule has 4 N–H and O–H groups in total. The number of aliphatic hydroxyl groups excluding tert-OH is 1. The average molecular weight is 273 g/mol. The van der Waals surface area contributed by atoms with Crippen molar-refractivity contribution in [2.24, 2.45) is 5.73 Å². The summed E-state index contributed by atoms with van der Waals surface area (Å²) in [5, 5.41) is 11.6. The zero-order valence-corrected chi connectivity index (χ0v) is 11.7. The van der Waals surface area contributed by atoms with Gasteiger partial charge < -0.3 is 25.8 Å². The molecule has 0 aromatic heterocycles. The third-order valence-corrected chi connectivity index (χ3v) is 2.57. The summed E-state index contributed by atoms with van der Waals surface area (Å²) < 4.78 is 5.20. The molecule has 0 saturated carbocycles. The minimum Gasteiger partial charge on any atom is -0.444 e. The zero-order valence-electron chi connectivity index (χ0n) is 11.7. The van der Waals surface area contributed by atoms with Crippen molar-refractivity contribution in [3.63, 3.8) is 0 Å². The van der Waals surface area contributed by atoms with Gasteiger partial charge in [-0.25, -0.2) is 4.79 Å². The van der Waals surface area contributed by atoms with Crippen molar-refractivity contribution < 1.29 is 19.4 Å². The number of aliphatic hydroxyl groups is 1. The number of ether oxygens (including phenoxy) is 1. The predicted molar refractivity (Wildman–Crippen MR) is 69.2 cm³/mol. The van der Waals surface area contributed by atoms with Crippen molar-refractivity contribution in [2.75, 3.05) is 13.1 Å². The third-order valence-electron chi connectivity index (χ3n) is 2.57.